The van der Waals surface area contributed by atoms with E-state index < -0.39 is 23.8 Å². The van der Waals surface area contributed by atoms with Gasteiger partial charge in [-0.1, -0.05) is 39.3 Å². The number of ether oxygens (including phenoxy) is 1. The van der Waals surface area contributed by atoms with Crippen LogP contribution in [0.1, 0.15) is 52.7 Å². The Balaban J connectivity index is 1.87. The molecule has 1 saturated heterocycles. The van der Waals surface area contributed by atoms with Gasteiger partial charge in [-0.15, -0.1) is 0 Å². The van der Waals surface area contributed by atoms with Gasteiger partial charge in [-0.3, -0.25) is 9.69 Å². The van der Waals surface area contributed by atoms with E-state index >= 15 is 0 Å². The van der Waals surface area contributed by atoms with Crippen LogP contribution in [0.2, 0.25) is 0 Å². The molecule has 0 radical (unpaired) electrons. The highest BCUT2D eigenvalue weighted by atomic mass is 19.3. The molecule has 0 amide bonds. The number of likely N-dealkylation sites (tertiary alicyclic amines) is 1. The van der Waals surface area contributed by atoms with Crippen LogP contribution in [0, 0.1) is 22.6 Å². The maximum Gasteiger partial charge on any atom is 0.387 e. The molecule has 33 heavy (non-hydrogen) atoms. The zero-order chi connectivity index (χ0) is 24.4. The molecule has 6 nitrogen and oxygen atoms in total. The Morgan fingerprint density at radius 1 is 1.36 bits per heavy atom. The van der Waals surface area contributed by atoms with E-state index in [1.807, 2.05) is 6.92 Å². The molecule has 1 aromatic heterocycles. The lowest BCUT2D eigenvalue weighted by molar-refractivity contribution is -0.157. The Labute approximate surface area is 191 Å². The number of halogens is 3. The SMILES string of the molecule is CCC[C@@]1(C(=O)O)C[C@@H](C(C)(C)C)CN(Cc2cc(-c3cc(F)ccc3OC(F)F)on2)C1. The van der Waals surface area contributed by atoms with Crippen LogP contribution in [0.15, 0.2) is 28.8 Å². The molecule has 1 aliphatic heterocycles. The van der Waals surface area contributed by atoms with E-state index in [1.54, 1.807) is 6.07 Å². The molecule has 182 valence electrons. The summed E-state index contributed by atoms with van der Waals surface area (Å²) in [5.41, 5.74) is -0.391. The average molecular weight is 469 g/mol. The van der Waals surface area contributed by atoms with Crippen molar-refractivity contribution in [1.82, 2.24) is 10.1 Å². The fraction of sp³-hybridized carbons (Fsp3) is 0.583. The molecule has 0 spiro atoms. The van der Waals surface area contributed by atoms with Crippen LogP contribution >= 0.6 is 0 Å². The number of alkyl halides is 2. The molecule has 1 aliphatic rings. The quantitative estimate of drug-likeness (QED) is 0.526. The Bertz CT molecular complexity index is 973. The van der Waals surface area contributed by atoms with Gasteiger partial charge < -0.3 is 14.4 Å². The fourth-order valence-corrected chi connectivity index (χ4v) is 4.66. The minimum Gasteiger partial charge on any atom is -0.481 e. The number of piperidine rings is 1. The highest BCUT2D eigenvalue weighted by Gasteiger charge is 2.47. The lowest BCUT2D eigenvalue weighted by atomic mass is 9.65. The molecule has 0 unspecified atom stereocenters. The molecular weight excluding hydrogens is 437 g/mol. The van der Waals surface area contributed by atoms with Gasteiger partial charge in [0.15, 0.2) is 5.76 Å². The first-order valence-electron chi connectivity index (χ1n) is 11.1. The topological polar surface area (TPSA) is 75.8 Å². The number of aromatic nitrogens is 1. The van der Waals surface area contributed by atoms with Crippen molar-refractivity contribution in [3.8, 4) is 17.1 Å². The normalized spacial score (nSPS) is 22.0. The van der Waals surface area contributed by atoms with Gasteiger partial charge >= 0.3 is 12.6 Å². The van der Waals surface area contributed by atoms with Crippen molar-refractivity contribution in [3.63, 3.8) is 0 Å². The van der Waals surface area contributed by atoms with Crippen LogP contribution in [-0.2, 0) is 11.3 Å². The largest absolute Gasteiger partial charge is 0.481 e. The van der Waals surface area contributed by atoms with Crippen molar-refractivity contribution in [2.24, 2.45) is 16.7 Å². The van der Waals surface area contributed by atoms with E-state index in [0.29, 0.717) is 38.2 Å². The Morgan fingerprint density at radius 2 is 2.09 bits per heavy atom. The molecule has 0 aliphatic carbocycles. The summed E-state index contributed by atoms with van der Waals surface area (Å²) < 4.78 is 49.1. The molecule has 3 rings (SSSR count). The molecule has 1 fully saturated rings. The van der Waals surface area contributed by atoms with E-state index in [-0.39, 0.29) is 28.4 Å². The first-order chi connectivity index (χ1) is 15.4. The van der Waals surface area contributed by atoms with Gasteiger partial charge in [0.05, 0.1) is 16.7 Å². The first-order valence-corrected chi connectivity index (χ1v) is 11.1. The predicted molar refractivity (Wildman–Crippen MR) is 116 cm³/mol. The summed E-state index contributed by atoms with van der Waals surface area (Å²) in [5.74, 6) is -1.37. The van der Waals surface area contributed by atoms with Gasteiger partial charge in [-0.2, -0.15) is 8.78 Å². The molecule has 2 aromatic rings. The second kappa shape index (κ2) is 9.75. The van der Waals surface area contributed by atoms with E-state index in [0.717, 1.165) is 24.6 Å². The summed E-state index contributed by atoms with van der Waals surface area (Å²) >= 11 is 0. The minimum absolute atomic E-state index is 0.0335. The van der Waals surface area contributed by atoms with Crippen molar-refractivity contribution < 1.29 is 32.3 Å². The van der Waals surface area contributed by atoms with Crippen molar-refractivity contribution in [2.75, 3.05) is 13.1 Å². The van der Waals surface area contributed by atoms with Gasteiger partial charge in [0.25, 0.3) is 0 Å². The van der Waals surface area contributed by atoms with Crippen molar-refractivity contribution in [3.05, 3.63) is 35.8 Å². The number of hydrogen-bond donors (Lipinski definition) is 1. The number of carboxylic acids is 1. The maximum atomic E-state index is 13.8. The third-order valence-electron chi connectivity index (χ3n) is 6.42. The van der Waals surface area contributed by atoms with Gasteiger partial charge in [0.2, 0.25) is 0 Å². The third kappa shape index (κ3) is 5.88. The van der Waals surface area contributed by atoms with Crippen LogP contribution in [-0.4, -0.2) is 40.8 Å². The molecule has 2 atom stereocenters. The first kappa shape index (κ1) is 25.1. The second-order valence-corrected chi connectivity index (χ2v) is 9.97. The molecule has 0 bridgehead atoms. The Morgan fingerprint density at radius 3 is 2.70 bits per heavy atom. The zero-order valence-corrected chi connectivity index (χ0v) is 19.4. The molecule has 9 heteroatoms. The molecular formula is C24H31F3N2O4. The summed E-state index contributed by atoms with van der Waals surface area (Å²) in [5, 5.41) is 14.1. The van der Waals surface area contributed by atoms with E-state index in [9.17, 15) is 23.1 Å². The fourth-order valence-electron chi connectivity index (χ4n) is 4.66. The zero-order valence-electron chi connectivity index (χ0n) is 19.4. The smallest absolute Gasteiger partial charge is 0.387 e. The second-order valence-electron chi connectivity index (χ2n) is 9.97. The van der Waals surface area contributed by atoms with E-state index in [1.165, 1.54) is 0 Å². The van der Waals surface area contributed by atoms with E-state index in [2.05, 4.69) is 35.6 Å². The monoisotopic (exact) mass is 468 g/mol. The van der Waals surface area contributed by atoms with Crippen LogP contribution in [0.25, 0.3) is 11.3 Å². The summed E-state index contributed by atoms with van der Waals surface area (Å²) in [6, 6.07) is 4.74. The number of nitrogens with zero attached hydrogens (tertiary/aromatic N) is 2. The lowest BCUT2D eigenvalue weighted by Gasteiger charge is -2.48. The summed E-state index contributed by atoms with van der Waals surface area (Å²) in [6.07, 6.45) is 1.95. The highest BCUT2D eigenvalue weighted by Crippen LogP contribution is 2.44. The molecule has 2 heterocycles. The van der Waals surface area contributed by atoms with Crippen molar-refractivity contribution in [2.45, 2.75) is 60.1 Å². The molecule has 0 saturated carbocycles. The summed E-state index contributed by atoms with van der Waals surface area (Å²) in [7, 11) is 0. The van der Waals surface area contributed by atoms with Gasteiger partial charge in [-0.05, 0) is 42.4 Å². The average Bonchev–Trinajstić information content (AvgIpc) is 3.16. The van der Waals surface area contributed by atoms with Crippen LogP contribution in [0.4, 0.5) is 13.2 Å². The molecule has 1 N–H and O–H groups in total. The lowest BCUT2D eigenvalue weighted by Crippen LogP contribution is -2.53. The van der Waals surface area contributed by atoms with Gasteiger partial charge in [0, 0.05) is 25.7 Å². The number of carbonyl (C=O) groups is 1. The number of rotatable bonds is 8. The van der Waals surface area contributed by atoms with Gasteiger partial charge in [-0.25, -0.2) is 4.39 Å². The molecule has 1 aromatic carbocycles. The number of carboxylic acid groups (broad SMARTS) is 1. The highest BCUT2D eigenvalue weighted by molar-refractivity contribution is 5.75. The third-order valence-corrected chi connectivity index (χ3v) is 6.42. The van der Waals surface area contributed by atoms with Crippen molar-refractivity contribution in [1.29, 1.82) is 0 Å². The van der Waals surface area contributed by atoms with Gasteiger partial charge in [0.1, 0.15) is 11.6 Å². The Hall–Kier alpha value is -2.55. The summed E-state index contributed by atoms with van der Waals surface area (Å²) in [6.45, 7) is 6.66. The number of hydrogen-bond acceptors (Lipinski definition) is 5. The minimum atomic E-state index is -3.07. The number of benzene rings is 1. The number of aliphatic carboxylic acids is 1. The van der Waals surface area contributed by atoms with Crippen LogP contribution in [0.3, 0.4) is 0 Å². The maximum absolute atomic E-state index is 13.8. The van der Waals surface area contributed by atoms with E-state index in [4.69, 9.17) is 4.52 Å². The van der Waals surface area contributed by atoms with Crippen LogP contribution in [0.5, 0.6) is 5.75 Å². The predicted octanol–water partition coefficient (Wildman–Crippen LogP) is 5.82. The standard InChI is InChI=1S/C24H31F3N2O4/c1-5-8-24(21(30)31)11-15(23(2,3)4)12-29(14-24)13-17-10-20(33-28-17)18-9-16(25)6-7-19(18)32-22(26)27/h6-7,9-10,15,22H,5,8,11-14H2,1-4H3,(H,30,31)/t15-,24-/m1/s1. The van der Waals surface area contributed by atoms with Crippen LogP contribution < -0.4 is 4.74 Å². The Kier molecular flexibility index (Phi) is 7.41. The summed E-state index contributed by atoms with van der Waals surface area (Å²) in [4.78, 5) is 14.4. The van der Waals surface area contributed by atoms with Crippen molar-refractivity contribution >= 4 is 5.97 Å².